The second-order valence-corrected chi connectivity index (χ2v) is 8.79. The average Bonchev–Trinajstić information content (AvgIpc) is 3.12. The predicted octanol–water partition coefficient (Wildman–Crippen LogP) is 2.45. The fourth-order valence-corrected chi connectivity index (χ4v) is 4.49. The van der Waals surface area contributed by atoms with Gasteiger partial charge in [0.2, 0.25) is 5.95 Å². The van der Waals surface area contributed by atoms with Crippen LogP contribution in [0.5, 0.6) is 0 Å². The molecule has 0 saturated heterocycles. The normalized spacial score (nSPS) is 11.5. The van der Waals surface area contributed by atoms with E-state index in [1.807, 2.05) is 25.8 Å². The molecule has 0 fully saturated rings. The molecule has 2 aromatic heterocycles. The van der Waals surface area contributed by atoms with Gasteiger partial charge in [0.25, 0.3) is 10.0 Å². The topological polar surface area (TPSA) is 118 Å². The largest absolute Gasteiger partial charge is 0.395 e. The fourth-order valence-electron chi connectivity index (χ4n) is 3.15. The van der Waals surface area contributed by atoms with Crippen molar-refractivity contribution < 1.29 is 8.42 Å². The Labute approximate surface area is 182 Å². The molecule has 10 heteroatoms. The molecule has 0 aliphatic carbocycles. The van der Waals surface area contributed by atoms with Crippen LogP contribution in [0.3, 0.4) is 0 Å². The van der Waals surface area contributed by atoms with E-state index in [4.69, 9.17) is 5.73 Å². The first-order valence-corrected chi connectivity index (χ1v) is 11.3. The summed E-state index contributed by atoms with van der Waals surface area (Å²) in [5, 5.41) is 3.11. The van der Waals surface area contributed by atoms with Gasteiger partial charge in [-0.15, -0.1) is 0 Å². The van der Waals surface area contributed by atoms with Gasteiger partial charge in [0.05, 0.1) is 16.3 Å². The summed E-state index contributed by atoms with van der Waals surface area (Å²) < 4.78 is 27.5. The zero-order valence-electron chi connectivity index (χ0n) is 17.9. The maximum absolute atomic E-state index is 13.2. The lowest BCUT2D eigenvalue weighted by molar-refractivity contribution is 0.588. The van der Waals surface area contributed by atoms with Gasteiger partial charge in [-0.05, 0) is 45.8 Å². The average molecular weight is 442 g/mol. The molecular weight excluding hydrogens is 414 g/mol. The van der Waals surface area contributed by atoms with Gasteiger partial charge in [0.15, 0.2) is 5.82 Å². The first-order valence-electron chi connectivity index (χ1n) is 9.86. The van der Waals surface area contributed by atoms with E-state index in [-0.39, 0.29) is 16.4 Å². The Morgan fingerprint density at radius 3 is 2.58 bits per heavy atom. The van der Waals surface area contributed by atoms with Crippen molar-refractivity contribution in [2.75, 3.05) is 37.3 Å². The number of hydrogen-bond acceptors (Lipinski definition) is 8. The standard InChI is InChI=1S/C21H27N7O2S/c1-5-27(13-12-23-3)21-25-11-10-18(26-21)17-14-28(20(24-4)19(17)22)31(29,30)16-8-6-15(2)7-9-16/h6-11,14,23H,4-5,12-13,22H2,1-3H3. The van der Waals surface area contributed by atoms with E-state index < -0.39 is 10.0 Å². The monoisotopic (exact) mass is 441 g/mol. The van der Waals surface area contributed by atoms with Crippen LogP contribution in [0.25, 0.3) is 11.3 Å². The molecule has 31 heavy (non-hydrogen) atoms. The summed E-state index contributed by atoms with van der Waals surface area (Å²) in [6, 6.07) is 8.27. The Balaban J connectivity index is 2.09. The minimum atomic E-state index is -3.91. The Morgan fingerprint density at radius 1 is 1.26 bits per heavy atom. The molecule has 3 N–H and O–H groups in total. The van der Waals surface area contributed by atoms with Crippen LogP contribution in [0, 0.1) is 6.92 Å². The van der Waals surface area contributed by atoms with Crippen molar-refractivity contribution in [3.63, 3.8) is 0 Å². The summed E-state index contributed by atoms with van der Waals surface area (Å²) in [5.41, 5.74) is 8.39. The molecule has 0 radical (unpaired) electrons. The molecule has 0 aliphatic heterocycles. The maximum Gasteiger partial charge on any atom is 0.269 e. The van der Waals surface area contributed by atoms with Crippen molar-refractivity contribution in [3.8, 4) is 11.3 Å². The molecule has 0 bridgehead atoms. The second kappa shape index (κ2) is 9.27. The molecule has 0 atom stereocenters. The van der Waals surface area contributed by atoms with Gasteiger partial charge in [-0.3, -0.25) is 0 Å². The van der Waals surface area contributed by atoms with Gasteiger partial charge in [-0.25, -0.2) is 27.4 Å². The number of aryl methyl sites for hydroxylation is 1. The smallest absolute Gasteiger partial charge is 0.269 e. The number of rotatable bonds is 9. The van der Waals surface area contributed by atoms with E-state index in [1.54, 1.807) is 36.5 Å². The number of benzene rings is 1. The van der Waals surface area contributed by atoms with Gasteiger partial charge in [0, 0.05) is 37.6 Å². The van der Waals surface area contributed by atoms with Crippen LogP contribution in [0.1, 0.15) is 12.5 Å². The number of aliphatic imine (C=N–C) groups is 1. The van der Waals surface area contributed by atoms with Crippen LogP contribution in [0.4, 0.5) is 17.5 Å². The van der Waals surface area contributed by atoms with E-state index in [1.165, 1.54) is 6.20 Å². The molecule has 1 aromatic carbocycles. The minimum absolute atomic E-state index is 0.0540. The molecule has 0 spiro atoms. The Kier molecular flexibility index (Phi) is 6.71. The van der Waals surface area contributed by atoms with E-state index in [0.717, 1.165) is 29.2 Å². The molecule has 3 aromatic rings. The Bertz CT molecular complexity index is 1170. The van der Waals surface area contributed by atoms with Crippen LogP contribution < -0.4 is 16.0 Å². The highest BCUT2D eigenvalue weighted by atomic mass is 32.2. The lowest BCUT2D eigenvalue weighted by Gasteiger charge is -2.20. The third-order valence-corrected chi connectivity index (χ3v) is 6.59. The van der Waals surface area contributed by atoms with Crippen LogP contribution in [0.2, 0.25) is 0 Å². The molecule has 2 heterocycles. The number of anilines is 2. The number of nitrogens with two attached hydrogens (primary N) is 1. The zero-order chi connectivity index (χ0) is 22.6. The lowest BCUT2D eigenvalue weighted by Crippen LogP contribution is -2.31. The van der Waals surface area contributed by atoms with Crippen molar-refractivity contribution in [2.24, 2.45) is 4.99 Å². The summed E-state index contributed by atoms with van der Waals surface area (Å²) in [4.78, 5) is 15.0. The van der Waals surface area contributed by atoms with Gasteiger partial charge < -0.3 is 16.0 Å². The molecule has 164 valence electrons. The molecule has 3 rings (SSSR count). The first-order chi connectivity index (χ1) is 14.8. The van der Waals surface area contributed by atoms with Crippen LogP contribution >= 0.6 is 0 Å². The number of nitrogens with zero attached hydrogens (tertiary/aromatic N) is 5. The SMILES string of the molecule is C=Nc1c(N)c(-c2ccnc(N(CC)CCNC)n2)cn1S(=O)(=O)c1ccc(C)cc1. The Morgan fingerprint density at radius 2 is 1.97 bits per heavy atom. The third kappa shape index (κ3) is 4.44. The predicted molar refractivity (Wildman–Crippen MR) is 125 cm³/mol. The first kappa shape index (κ1) is 22.4. The molecule has 0 aliphatic rings. The molecular formula is C21H27N7O2S. The molecule has 0 unspecified atom stereocenters. The molecule has 0 amide bonds. The lowest BCUT2D eigenvalue weighted by atomic mass is 10.2. The van der Waals surface area contributed by atoms with Crippen molar-refractivity contribution in [3.05, 3.63) is 48.3 Å². The van der Waals surface area contributed by atoms with Crippen molar-refractivity contribution in [1.82, 2.24) is 19.3 Å². The minimum Gasteiger partial charge on any atom is -0.395 e. The molecule has 0 saturated carbocycles. The summed E-state index contributed by atoms with van der Waals surface area (Å²) in [6.45, 7) is 9.65. The zero-order valence-corrected chi connectivity index (χ0v) is 18.7. The maximum atomic E-state index is 13.2. The number of likely N-dealkylation sites (N-methyl/N-ethyl adjacent to an activating group) is 2. The quantitative estimate of drug-likeness (QED) is 0.490. The summed E-state index contributed by atoms with van der Waals surface area (Å²) in [6.07, 6.45) is 3.07. The highest BCUT2D eigenvalue weighted by Crippen LogP contribution is 2.37. The van der Waals surface area contributed by atoms with Gasteiger partial charge in [-0.1, -0.05) is 17.7 Å². The molecule has 9 nitrogen and oxygen atoms in total. The number of nitrogen functional groups attached to an aromatic ring is 1. The van der Waals surface area contributed by atoms with Crippen molar-refractivity contribution >= 4 is 34.2 Å². The number of nitrogens with one attached hydrogen (secondary N) is 1. The highest BCUT2D eigenvalue weighted by molar-refractivity contribution is 7.90. The van der Waals surface area contributed by atoms with E-state index >= 15 is 0 Å². The number of aromatic nitrogens is 3. The van der Waals surface area contributed by atoms with Crippen LogP contribution in [-0.4, -0.2) is 55.8 Å². The van der Waals surface area contributed by atoms with Crippen LogP contribution in [0.15, 0.2) is 52.6 Å². The second-order valence-electron chi connectivity index (χ2n) is 6.98. The van der Waals surface area contributed by atoms with Gasteiger partial charge in [0.1, 0.15) is 0 Å². The summed E-state index contributed by atoms with van der Waals surface area (Å²) in [7, 11) is -2.03. The number of hydrogen-bond donors (Lipinski definition) is 2. The highest BCUT2D eigenvalue weighted by Gasteiger charge is 2.25. The van der Waals surface area contributed by atoms with E-state index in [9.17, 15) is 8.42 Å². The summed E-state index contributed by atoms with van der Waals surface area (Å²) >= 11 is 0. The van der Waals surface area contributed by atoms with E-state index in [0.29, 0.717) is 17.2 Å². The van der Waals surface area contributed by atoms with Gasteiger partial charge in [-0.2, -0.15) is 0 Å². The summed E-state index contributed by atoms with van der Waals surface area (Å²) in [5.74, 6) is 0.593. The fraction of sp³-hybridized carbons (Fsp3) is 0.286. The Hall–Kier alpha value is -3.24. The van der Waals surface area contributed by atoms with Gasteiger partial charge >= 0.3 is 0 Å². The van der Waals surface area contributed by atoms with Crippen molar-refractivity contribution in [1.29, 1.82) is 0 Å². The third-order valence-electron chi connectivity index (χ3n) is 4.93. The van der Waals surface area contributed by atoms with Crippen molar-refractivity contribution in [2.45, 2.75) is 18.7 Å². The van der Waals surface area contributed by atoms with E-state index in [2.05, 4.69) is 27.0 Å². The van der Waals surface area contributed by atoms with Crippen LogP contribution in [-0.2, 0) is 10.0 Å².